The molecule has 0 aromatic heterocycles. The van der Waals surface area contributed by atoms with E-state index in [1.54, 1.807) is 84.9 Å². The highest BCUT2D eigenvalue weighted by Gasteiger charge is 2.39. The van der Waals surface area contributed by atoms with E-state index in [4.69, 9.17) is 27.9 Å². The summed E-state index contributed by atoms with van der Waals surface area (Å²) in [6.07, 6.45) is 1.50. The molecule has 176 valence electrons. The highest BCUT2D eigenvalue weighted by Crippen LogP contribution is 2.30. The lowest BCUT2D eigenvalue weighted by molar-refractivity contribution is -0.136. The van der Waals surface area contributed by atoms with Crippen molar-refractivity contribution in [2.24, 2.45) is 5.10 Å². The van der Waals surface area contributed by atoms with Crippen molar-refractivity contribution in [3.05, 3.63) is 135 Å². The molecule has 0 fully saturated rings. The summed E-state index contributed by atoms with van der Waals surface area (Å²) in [6, 6.07) is 30.1. The molecule has 4 rings (SSSR count). The third-order valence-electron chi connectivity index (χ3n) is 5.36. The minimum atomic E-state index is -1.89. The van der Waals surface area contributed by atoms with Gasteiger partial charge in [-0.05, 0) is 58.7 Å². The van der Waals surface area contributed by atoms with Gasteiger partial charge in [-0.2, -0.15) is 5.10 Å². The quantitative estimate of drug-likeness (QED) is 0.229. The largest absolute Gasteiger partial charge is 0.489 e. The lowest BCUT2D eigenvalue weighted by Crippen LogP contribution is -2.43. The Labute approximate surface area is 213 Å². The van der Waals surface area contributed by atoms with E-state index >= 15 is 0 Å². The van der Waals surface area contributed by atoms with Gasteiger partial charge in [0.2, 0.25) is 0 Å². The molecule has 1 amide bonds. The van der Waals surface area contributed by atoms with Gasteiger partial charge < -0.3 is 9.84 Å². The van der Waals surface area contributed by atoms with Gasteiger partial charge in [0.05, 0.1) is 16.3 Å². The SMILES string of the molecule is O=C(N/N=C/c1ccc(OCc2ccc(Cl)c(Cl)c2)cc1)C(O)(c1ccccc1)c1ccccc1. The van der Waals surface area contributed by atoms with Crippen LogP contribution < -0.4 is 10.2 Å². The van der Waals surface area contributed by atoms with Crippen LogP contribution in [0, 0.1) is 0 Å². The van der Waals surface area contributed by atoms with Gasteiger partial charge in [-0.25, -0.2) is 5.43 Å². The van der Waals surface area contributed by atoms with Gasteiger partial charge in [0.1, 0.15) is 12.4 Å². The van der Waals surface area contributed by atoms with Gasteiger partial charge in [0.25, 0.3) is 5.91 Å². The molecule has 0 aliphatic heterocycles. The van der Waals surface area contributed by atoms with Crippen LogP contribution >= 0.6 is 23.2 Å². The molecule has 0 saturated heterocycles. The van der Waals surface area contributed by atoms with Crippen molar-refractivity contribution in [3.63, 3.8) is 0 Å². The first kappa shape index (κ1) is 24.5. The van der Waals surface area contributed by atoms with Crippen molar-refractivity contribution < 1.29 is 14.6 Å². The summed E-state index contributed by atoms with van der Waals surface area (Å²) >= 11 is 12.0. The average Bonchev–Trinajstić information content (AvgIpc) is 2.90. The van der Waals surface area contributed by atoms with Crippen molar-refractivity contribution in [2.45, 2.75) is 12.2 Å². The number of nitrogens with one attached hydrogen (secondary N) is 1. The molecule has 0 bridgehead atoms. The topological polar surface area (TPSA) is 70.9 Å². The number of aliphatic hydroxyl groups is 1. The number of hydrogen-bond donors (Lipinski definition) is 2. The molecule has 0 heterocycles. The zero-order chi connectivity index (χ0) is 24.7. The number of nitrogens with zero attached hydrogens (tertiary/aromatic N) is 1. The fourth-order valence-corrected chi connectivity index (χ4v) is 3.80. The number of hydrogen-bond acceptors (Lipinski definition) is 4. The monoisotopic (exact) mass is 504 g/mol. The van der Waals surface area contributed by atoms with Crippen LogP contribution in [-0.4, -0.2) is 17.2 Å². The van der Waals surface area contributed by atoms with Gasteiger partial charge in [0, 0.05) is 0 Å². The van der Waals surface area contributed by atoms with E-state index in [0.29, 0.717) is 33.5 Å². The molecule has 2 N–H and O–H groups in total. The zero-order valence-corrected chi connectivity index (χ0v) is 20.1. The molecule has 0 atom stereocenters. The Morgan fingerprint density at radius 1 is 0.857 bits per heavy atom. The summed E-state index contributed by atoms with van der Waals surface area (Å²) in [4.78, 5) is 13.1. The van der Waals surface area contributed by atoms with Crippen molar-refractivity contribution in [2.75, 3.05) is 0 Å². The van der Waals surface area contributed by atoms with Crippen LogP contribution in [0.3, 0.4) is 0 Å². The summed E-state index contributed by atoms with van der Waals surface area (Å²) in [5.74, 6) is 0.00696. The first-order valence-electron chi connectivity index (χ1n) is 10.8. The Morgan fingerprint density at radius 2 is 1.46 bits per heavy atom. The number of ether oxygens (including phenoxy) is 1. The fraction of sp³-hybridized carbons (Fsp3) is 0.0714. The Balaban J connectivity index is 1.41. The minimum absolute atomic E-state index is 0.345. The Bertz CT molecular complexity index is 1270. The van der Waals surface area contributed by atoms with Crippen LogP contribution in [-0.2, 0) is 17.0 Å². The predicted molar refractivity (Wildman–Crippen MR) is 139 cm³/mol. The summed E-state index contributed by atoms with van der Waals surface area (Å²) in [6.45, 7) is 0.345. The third kappa shape index (κ3) is 5.89. The molecule has 0 radical (unpaired) electrons. The van der Waals surface area contributed by atoms with Gasteiger partial charge in [-0.1, -0.05) is 89.9 Å². The molecule has 4 aromatic carbocycles. The van der Waals surface area contributed by atoms with Crippen molar-refractivity contribution in [1.29, 1.82) is 0 Å². The van der Waals surface area contributed by atoms with Gasteiger partial charge in [-0.3, -0.25) is 4.79 Å². The summed E-state index contributed by atoms with van der Waals surface area (Å²) in [7, 11) is 0. The van der Waals surface area contributed by atoms with Crippen molar-refractivity contribution in [1.82, 2.24) is 5.43 Å². The third-order valence-corrected chi connectivity index (χ3v) is 6.10. The van der Waals surface area contributed by atoms with E-state index in [1.807, 2.05) is 18.2 Å². The van der Waals surface area contributed by atoms with Crippen LogP contribution in [0.2, 0.25) is 10.0 Å². The smallest absolute Gasteiger partial charge is 0.281 e. The molecule has 0 aliphatic rings. The van der Waals surface area contributed by atoms with Gasteiger partial charge in [0.15, 0.2) is 5.60 Å². The number of carbonyl (C=O) groups is 1. The van der Waals surface area contributed by atoms with E-state index in [9.17, 15) is 9.90 Å². The molecule has 0 unspecified atom stereocenters. The number of halogens is 2. The highest BCUT2D eigenvalue weighted by atomic mass is 35.5. The Hall–Kier alpha value is -3.64. The highest BCUT2D eigenvalue weighted by molar-refractivity contribution is 6.42. The standard InChI is InChI=1S/C28H22Cl2N2O3/c29-25-16-13-21(17-26(25)30)19-35-24-14-11-20(12-15-24)18-31-32-27(33)28(34,22-7-3-1-4-8-22)23-9-5-2-6-10-23/h1-18,34H,19H2,(H,32,33)/b31-18+. The maximum atomic E-state index is 13.1. The first-order chi connectivity index (χ1) is 17.0. The lowest BCUT2D eigenvalue weighted by atomic mass is 9.85. The van der Waals surface area contributed by atoms with Gasteiger partial charge >= 0.3 is 0 Å². The second-order valence-electron chi connectivity index (χ2n) is 7.75. The molecule has 0 saturated carbocycles. The number of carbonyl (C=O) groups excluding carboxylic acids is 1. The van der Waals surface area contributed by atoms with E-state index in [2.05, 4.69) is 10.5 Å². The summed E-state index contributed by atoms with van der Waals surface area (Å²) < 4.78 is 5.78. The van der Waals surface area contributed by atoms with Crippen LogP contribution in [0.4, 0.5) is 0 Å². The van der Waals surface area contributed by atoms with E-state index < -0.39 is 11.5 Å². The minimum Gasteiger partial charge on any atom is -0.489 e. The van der Waals surface area contributed by atoms with Crippen LogP contribution in [0.15, 0.2) is 108 Å². The number of amides is 1. The number of hydrazone groups is 1. The lowest BCUT2D eigenvalue weighted by Gasteiger charge is -2.27. The molecular formula is C28H22Cl2N2O3. The van der Waals surface area contributed by atoms with Crippen molar-refractivity contribution in [3.8, 4) is 5.75 Å². The molecule has 5 nitrogen and oxygen atoms in total. The predicted octanol–water partition coefficient (Wildman–Crippen LogP) is 5.96. The molecule has 7 heteroatoms. The molecular weight excluding hydrogens is 483 g/mol. The normalized spacial score (nSPS) is 11.4. The first-order valence-corrected chi connectivity index (χ1v) is 11.6. The number of benzene rings is 4. The van der Waals surface area contributed by atoms with Gasteiger partial charge in [-0.15, -0.1) is 0 Å². The molecule has 0 aliphatic carbocycles. The average molecular weight is 505 g/mol. The van der Waals surface area contributed by atoms with E-state index in [1.165, 1.54) is 6.21 Å². The van der Waals surface area contributed by atoms with Crippen LogP contribution in [0.25, 0.3) is 0 Å². The summed E-state index contributed by atoms with van der Waals surface area (Å²) in [5, 5.41) is 16.4. The zero-order valence-electron chi connectivity index (χ0n) is 18.6. The number of rotatable bonds is 8. The second-order valence-corrected chi connectivity index (χ2v) is 8.56. The van der Waals surface area contributed by atoms with Crippen LogP contribution in [0.5, 0.6) is 5.75 Å². The van der Waals surface area contributed by atoms with E-state index in [-0.39, 0.29) is 0 Å². The maximum Gasteiger partial charge on any atom is 0.281 e. The fourth-order valence-electron chi connectivity index (χ4n) is 3.48. The Morgan fingerprint density at radius 3 is 2.03 bits per heavy atom. The summed E-state index contributed by atoms with van der Waals surface area (Å²) in [5.41, 5.74) is 3.12. The maximum absolute atomic E-state index is 13.1. The van der Waals surface area contributed by atoms with Crippen LogP contribution in [0.1, 0.15) is 22.3 Å². The van der Waals surface area contributed by atoms with Crippen molar-refractivity contribution >= 4 is 35.3 Å². The Kier molecular flexibility index (Phi) is 7.83. The molecule has 4 aromatic rings. The molecule has 35 heavy (non-hydrogen) atoms. The molecule has 0 spiro atoms. The second kappa shape index (κ2) is 11.2. The van der Waals surface area contributed by atoms with E-state index in [0.717, 1.165) is 11.1 Å².